The predicted octanol–water partition coefficient (Wildman–Crippen LogP) is 1.64. The zero-order valence-corrected chi connectivity index (χ0v) is 10.4. The third-order valence-corrected chi connectivity index (χ3v) is 2.88. The summed E-state index contributed by atoms with van der Waals surface area (Å²) < 4.78 is 12.9. The smallest absolute Gasteiger partial charge is 0.231 e. The Bertz CT molecular complexity index is 593. The number of fused-ring (bicyclic) bond motifs is 1. The molecule has 0 unspecified atom stereocenters. The van der Waals surface area contributed by atoms with Crippen LogP contribution in [-0.4, -0.2) is 29.7 Å². The van der Waals surface area contributed by atoms with E-state index >= 15 is 0 Å². The van der Waals surface area contributed by atoms with Gasteiger partial charge in [-0.2, -0.15) is 0 Å². The van der Waals surface area contributed by atoms with Crippen molar-refractivity contribution in [1.29, 1.82) is 0 Å². The fraction of sp³-hybridized carbons (Fsp3) is 0.231. The highest BCUT2D eigenvalue weighted by molar-refractivity contribution is 5.83. The maximum atomic E-state index is 5.54. The molecule has 0 saturated heterocycles. The molecule has 0 aliphatic carbocycles. The third kappa shape index (κ3) is 2.24. The third-order valence-electron chi connectivity index (χ3n) is 2.88. The first-order chi connectivity index (χ1) is 9.38. The quantitative estimate of drug-likeness (QED) is 0.618. The van der Waals surface area contributed by atoms with E-state index in [9.17, 15) is 0 Å². The summed E-state index contributed by atoms with van der Waals surface area (Å²) in [6.07, 6.45) is 7.05. The lowest BCUT2D eigenvalue weighted by molar-refractivity contribution is 0.173. The second kappa shape index (κ2) is 5.01. The number of benzene rings is 1. The van der Waals surface area contributed by atoms with Gasteiger partial charge in [0.15, 0.2) is 11.5 Å². The SMILES string of the molecule is CON=Cc1ccc2c(c1Cn1ccnc1)OCO2. The lowest BCUT2D eigenvalue weighted by Gasteiger charge is -2.10. The van der Waals surface area contributed by atoms with Crippen molar-refractivity contribution in [1.82, 2.24) is 9.55 Å². The van der Waals surface area contributed by atoms with Crippen molar-refractivity contribution in [2.75, 3.05) is 13.9 Å². The van der Waals surface area contributed by atoms with E-state index in [4.69, 9.17) is 14.3 Å². The van der Waals surface area contributed by atoms with Gasteiger partial charge >= 0.3 is 0 Å². The number of aromatic nitrogens is 2. The molecule has 1 aliphatic heterocycles. The molecule has 3 rings (SSSR count). The topological polar surface area (TPSA) is 57.9 Å². The fourth-order valence-corrected chi connectivity index (χ4v) is 2.00. The molecular weight excluding hydrogens is 246 g/mol. The first-order valence-corrected chi connectivity index (χ1v) is 5.82. The Balaban J connectivity index is 2.02. The largest absolute Gasteiger partial charge is 0.454 e. The van der Waals surface area contributed by atoms with Gasteiger partial charge in [0, 0.05) is 23.5 Å². The van der Waals surface area contributed by atoms with Crippen LogP contribution in [0.4, 0.5) is 0 Å². The second-order valence-electron chi connectivity index (χ2n) is 4.02. The highest BCUT2D eigenvalue weighted by atomic mass is 16.7. The average Bonchev–Trinajstić information content (AvgIpc) is 3.08. The number of nitrogens with zero attached hydrogens (tertiary/aromatic N) is 3. The normalized spacial score (nSPS) is 13.1. The number of hydrogen-bond acceptors (Lipinski definition) is 5. The van der Waals surface area contributed by atoms with E-state index < -0.39 is 0 Å². The summed E-state index contributed by atoms with van der Waals surface area (Å²) in [5.41, 5.74) is 1.92. The van der Waals surface area contributed by atoms with Crippen LogP contribution in [0.25, 0.3) is 0 Å². The van der Waals surface area contributed by atoms with Crippen molar-refractivity contribution in [3.8, 4) is 11.5 Å². The monoisotopic (exact) mass is 259 g/mol. The summed E-state index contributed by atoms with van der Waals surface area (Å²) in [7, 11) is 1.51. The summed E-state index contributed by atoms with van der Waals surface area (Å²) in [5, 5.41) is 3.81. The zero-order valence-electron chi connectivity index (χ0n) is 10.4. The van der Waals surface area contributed by atoms with Crippen LogP contribution < -0.4 is 9.47 Å². The molecule has 1 aromatic heterocycles. The number of imidazole rings is 1. The first kappa shape index (κ1) is 11.6. The van der Waals surface area contributed by atoms with Gasteiger partial charge in [0.1, 0.15) is 7.11 Å². The van der Waals surface area contributed by atoms with E-state index in [2.05, 4.69) is 10.1 Å². The highest BCUT2D eigenvalue weighted by Gasteiger charge is 2.20. The van der Waals surface area contributed by atoms with Gasteiger partial charge in [-0.25, -0.2) is 4.98 Å². The molecule has 0 saturated carbocycles. The standard InChI is InChI=1S/C13H13N3O3/c1-17-15-6-10-2-3-12-13(19-9-18-12)11(10)7-16-5-4-14-8-16/h2-6,8H,7,9H2,1H3. The van der Waals surface area contributed by atoms with Gasteiger partial charge in [-0.3, -0.25) is 0 Å². The van der Waals surface area contributed by atoms with Crippen molar-refractivity contribution in [2.45, 2.75) is 6.54 Å². The lowest BCUT2D eigenvalue weighted by atomic mass is 10.1. The maximum Gasteiger partial charge on any atom is 0.231 e. The first-order valence-electron chi connectivity index (χ1n) is 5.82. The Labute approximate surface area is 110 Å². The molecule has 2 heterocycles. The number of hydrogen-bond donors (Lipinski definition) is 0. The van der Waals surface area contributed by atoms with Crippen LogP contribution in [0.15, 0.2) is 36.0 Å². The van der Waals surface area contributed by atoms with E-state index in [-0.39, 0.29) is 6.79 Å². The molecule has 19 heavy (non-hydrogen) atoms. The molecule has 1 aromatic carbocycles. The molecule has 0 N–H and O–H groups in total. The van der Waals surface area contributed by atoms with Gasteiger partial charge in [-0.05, 0) is 12.1 Å². The molecule has 0 radical (unpaired) electrons. The fourth-order valence-electron chi connectivity index (χ4n) is 2.00. The lowest BCUT2D eigenvalue weighted by Crippen LogP contribution is -2.03. The van der Waals surface area contributed by atoms with Gasteiger partial charge < -0.3 is 18.9 Å². The second-order valence-corrected chi connectivity index (χ2v) is 4.02. The molecule has 0 amide bonds. The number of rotatable bonds is 4. The molecule has 6 heteroatoms. The number of ether oxygens (including phenoxy) is 2. The van der Waals surface area contributed by atoms with Gasteiger partial charge in [-0.15, -0.1) is 0 Å². The van der Waals surface area contributed by atoms with Gasteiger partial charge in [0.25, 0.3) is 0 Å². The molecule has 0 atom stereocenters. The minimum atomic E-state index is 0.247. The summed E-state index contributed by atoms with van der Waals surface area (Å²) in [5.74, 6) is 1.51. The van der Waals surface area contributed by atoms with Crippen molar-refractivity contribution in [2.24, 2.45) is 5.16 Å². The minimum Gasteiger partial charge on any atom is -0.454 e. The molecule has 6 nitrogen and oxygen atoms in total. The Morgan fingerprint density at radius 3 is 3.21 bits per heavy atom. The summed E-state index contributed by atoms with van der Waals surface area (Å²) in [6, 6.07) is 3.80. The highest BCUT2D eigenvalue weighted by Crippen LogP contribution is 2.37. The maximum absolute atomic E-state index is 5.54. The molecule has 0 bridgehead atoms. The van der Waals surface area contributed by atoms with Crippen LogP contribution in [0.1, 0.15) is 11.1 Å². The van der Waals surface area contributed by atoms with E-state index in [1.165, 1.54) is 7.11 Å². The van der Waals surface area contributed by atoms with Gasteiger partial charge in [0.05, 0.1) is 19.1 Å². The Morgan fingerprint density at radius 2 is 2.42 bits per heavy atom. The molecule has 1 aliphatic rings. The molecule has 0 spiro atoms. The van der Waals surface area contributed by atoms with Crippen molar-refractivity contribution in [3.63, 3.8) is 0 Å². The van der Waals surface area contributed by atoms with E-state index in [0.717, 1.165) is 22.6 Å². The van der Waals surface area contributed by atoms with Crippen molar-refractivity contribution < 1.29 is 14.3 Å². The Kier molecular flexibility index (Phi) is 3.06. The zero-order chi connectivity index (χ0) is 13.1. The summed E-state index contributed by atoms with van der Waals surface area (Å²) in [6.45, 7) is 0.884. The van der Waals surface area contributed by atoms with Crippen LogP contribution in [0.3, 0.4) is 0 Å². The Morgan fingerprint density at radius 1 is 1.47 bits per heavy atom. The summed E-state index contributed by atoms with van der Waals surface area (Å²) in [4.78, 5) is 8.77. The molecule has 2 aromatic rings. The van der Waals surface area contributed by atoms with Crippen LogP contribution in [0.2, 0.25) is 0 Å². The summed E-state index contributed by atoms with van der Waals surface area (Å²) >= 11 is 0. The molecular formula is C13H13N3O3. The van der Waals surface area contributed by atoms with Gasteiger partial charge in [-0.1, -0.05) is 5.16 Å². The Hall–Kier alpha value is -2.50. The van der Waals surface area contributed by atoms with Crippen LogP contribution in [0.5, 0.6) is 11.5 Å². The van der Waals surface area contributed by atoms with E-state index in [0.29, 0.717) is 6.54 Å². The van der Waals surface area contributed by atoms with Crippen molar-refractivity contribution in [3.05, 3.63) is 42.0 Å². The van der Waals surface area contributed by atoms with E-state index in [1.807, 2.05) is 22.9 Å². The number of oxime groups is 1. The van der Waals surface area contributed by atoms with Crippen LogP contribution in [-0.2, 0) is 11.4 Å². The molecule has 98 valence electrons. The average molecular weight is 259 g/mol. The van der Waals surface area contributed by atoms with Crippen LogP contribution in [0, 0.1) is 0 Å². The van der Waals surface area contributed by atoms with Gasteiger partial charge in [0.2, 0.25) is 6.79 Å². The predicted molar refractivity (Wildman–Crippen MR) is 68.5 cm³/mol. The minimum absolute atomic E-state index is 0.247. The van der Waals surface area contributed by atoms with Crippen LogP contribution >= 0.6 is 0 Å². The van der Waals surface area contributed by atoms with Crippen molar-refractivity contribution >= 4 is 6.21 Å². The molecule has 0 fully saturated rings. The van der Waals surface area contributed by atoms with E-state index in [1.54, 1.807) is 18.7 Å².